The van der Waals surface area contributed by atoms with Crippen molar-refractivity contribution < 1.29 is 17.0 Å². The summed E-state index contributed by atoms with van der Waals surface area (Å²) in [4.78, 5) is 0. The minimum atomic E-state index is -1.60. The van der Waals surface area contributed by atoms with Gasteiger partial charge in [-0.2, -0.15) is 0 Å². The topological polar surface area (TPSA) is 0 Å². The Bertz CT molecular complexity index is 618. The monoisotopic (exact) mass is 462 g/mol. The maximum absolute atomic E-state index is 3.64. The largest absolute Gasteiger partial charge is 1.00 e. The van der Waals surface area contributed by atoms with E-state index in [1.807, 2.05) is 0 Å². The molecule has 0 radical (unpaired) electrons. The Hall–Kier alpha value is -0.950. The molecule has 3 aromatic carbocycles. The summed E-state index contributed by atoms with van der Waals surface area (Å²) in [6.07, 6.45) is 2.36. The Morgan fingerprint density at radius 1 is 0.583 bits per heavy atom. The van der Waals surface area contributed by atoms with Crippen LogP contribution in [0.15, 0.2) is 91.0 Å². The third-order valence-electron chi connectivity index (χ3n) is 4.22. The normalized spacial score (nSPS) is 10.9. The molecule has 0 aliphatic rings. The molecule has 3 aromatic rings. The molecular formula is C21H21Br2P. The summed E-state index contributed by atoms with van der Waals surface area (Å²) < 4.78 is 0. The molecule has 0 aromatic heterocycles. The van der Waals surface area contributed by atoms with E-state index in [0.717, 1.165) is 5.33 Å². The number of rotatable bonds is 6. The van der Waals surface area contributed by atoms with Crippen molar-refractivity contribution in [1.82, 2.24) is 0 Å². The summed E-state index contributed by atoms with van der Waals surface area (Å²) in [5.41, 5.74) is 0. The Morgan fingerprint density at radius 2 is 0.917 bits per heavy atom. The van der Waals surface area contributed by atoms with Gasteiger partial charge in [0.05, 0.1) is 6.16 Å². The van der Waals surface area contributed by atoms with Crippen LogP contribution in [-0.2, 0) is 0 Å². The molecule has 0 N–H and O–H groups in total. The maximum Gasteiger partial charge on any atom is 0.112 e. The average molecular weight is 464 g/mol. The average Bonchev–Trinajstić information content (AvgIpc) is 2.65. The van der Waals surface area contributed by atoms with E-state index in [4.69, 9.17) is 0 Å². The van der Waals surface area contributed by atoms with Gasteiger partial charge in [0.1, 0.15) is 23.2 Å². The lowest BCUT2D eigenvalue weighted by atomic mass is 10.4. The zero-order valence-electron chi connectivity index (χ0n) is 13.5. The van der Waals surface area contributed by atoms with Crippen LogP contribution >= 0.6 is 23.2 Å². The first-order chi connectivity index (χ1) is 11.4. The number of benzene rings is 3. The van der Waals surface area contributed by atoms with Crippen molar-refractivity contribution in [2.45, 2.75) is 6.42 Å². The van der Waals surface area contributed by atoms with Crippen molar-refractivity contribution in [3.05, 3.63) is 91.0 Å². The molecule has 0 atom stereocenters. The SMILES string of the molecule is BrCCC[P+](c1ccccc1)(c1ccccc1)c1ccccc1.[Br-]. The minimum absolute atomic E-state index is 0. The molecular weight excluding hydrogens is 443 g/mol. The molecule has 0 amide bonds. The van der Waals surface area contributed by atoms with Crippen LogP contribution in [0.25, 0.3) is 0 Å². The second-order valence-corrected chi connectivity index (χ2v) is 9.99. The summed E-state index contributed by atoms with van der Waals surface area (Å²) in [6, 6.07) is 33.2. The fourth-order valence-electron chi connectivity index (χ4n) is 3.18. The van der Waals surface area contributed by atoms with Crippen LogP contribution in [0.3, 0.4) is 0 Å². The van der Waals surface area contributed by atoms with Crippen molar-refractivity contribution in [3.63, 3.8) is 0 Å². The predicted octanol–water partition coefficient (Wildman–Crippen LogP) is 1.77. The van der Waals surface area contributed by atoms with Crippen molar-refractivity contribution >= 4 is 39.1 Å². The first kappa shape index (κ1) is 19.4. The van der Waals surface area contributed by atoms with Crippen molar-refractivity contribution in [2.24, 2.45) is 0 Å². The van der Waals surface area contributed by atoms with Crippen LogP contribution in [-0.4, -0.2) is 11.5 Å². The van der Waals surface area contributed by atoms with E-state index >= 15 is 0 Å². The number of hydrogen-bond donors (Lipinski definition) is 0. The summed E-state index contributed by atoms with van der Waals surface area (Å²) in [5.74, 6) is 0. The highest BCUT2D eigenvalue weighted by Gasteiger charge is 2.44. The highest BCUT2D eigenvalue weighted by atomic mass is 79.9. The van der Waals surface area contributed by atoms with Gasteiger partial charge in [0.25, 0.3) is 0 Å². The lowest BCUT2D eigenvalue weighted by Gasteiger charge is -2.27. The summed E-state index contributed by atoms with van der Waals surface area (Å²) in [7, 11) is -1.60. The van der Waals surface area contributed by atoms with E-state index in [0.29, 0.717) is 0 Å². The number of alkyl halides is 1. The van der Waals surface area contributed by atoms with E-state index in [9.17, 15) is 0 Å². The molecule has 0 unspecified atom stereocenters. The molecule has 0 aliphatic carbocycles. The zero-order chi connectivity index (χ0) is 16.0. The van der Waals surface area contributed by atoms with E-state index in [-0.39, 0.29) is 17.0 Å². The first-order valence-corrected chi connectivity index (χ1v) is 11.1. The smallest absolute Gasteiger partial charge is 0.112 e. The Morgan fingerprint density at radius 3 is 1.21 bits per heavy atom. The molecule has 0 aliphatic heterocycles. The van der Waals surface area contributed by atoms with Crippen LogP contribution in [0.4, 0.5) is 0 Å². The Kier molecular flexibility index (Phi) is 7.68. The van der Waals surface area contributed by atoms with Gasteiger partial charge in [-0.1, -0.05) is 70.5 Å². The molecule has 24 heavy (non-hydrogen) atoms. The van der Waals surface area contributed by atoms with Crippen molar-refractivity contribution in [2.75, 3.05) is 11.5 Å². The molecule has 0 bridgehead atoms. The second-order valence-electron chi connectivity index (χ2n) is 5.58. The lowest BCUT2D eigenvalue weighted by Crippen LogP contribution is -3.00. The Labute approximate surface area is 164 Å². The van der Waals surface area contributed by atoms with Crippen molar-refractivity contribution in [1.29, 1.82) is 0 Å². The first-order valence-electron chi connectivity index (χ1n) is 7.99. The van der Waals surface area contributed by atoms with Crippen molar-refractivity contribution in [3.8, 4) is 0 Å². The molecule has 3 heteroatoms. The van der Waals surface area contributed by atoms with E-state index in [1.165, 1.54) is 28.5 Å². The Balaban J connectivity index is 0.00000208. The van der Waals surface area contributed by atoms with Crippen LogP contribution in [0.2, 0.25) is 0 Å². The van der Waals surface area contributed by atoms with Gasteiger partial charge in [-0.15, -0.1) is 0 Å². The molecule has 0 nitrogen and oxygen atoms in total. The van der Waals surface area contributed by atoms with Gasteiger partial charge in [0, 0.05) is 5.33 Å². The van der Waals surface area contributed by atoms with Gasteiger partial charge < -0.3 is 17.0 Å². The highest BCUT2D eigenvalue weighted by molar-refractivity contribution is 9.09. The number of hydrogen-bond acceptors (Lipinski definition) is 0. The fraction of sp³-hybridized carbons (Fsp3) is 0.143. The summed E-state index contributed by atoms with van der Waals surface area (Å²) in [5, 5.41) is 5.45. The highest BCUT2D eigenvalue weighted by Crippen LogP contribution is 2.55. The predicted molar refractivity (Wildman–Crippen MR) is 108 cm³/mol. The van der Waals surface area contributed by atoms with E-state index < -0.39 is 7.26 Å². The van der Waals surface area contributed by atoms with Gasteiger partial charge in [-0.3, -0.25) is 0 Å². The maximum atomic E-state index is 3.64. The summed E-state index contributed by atoms with van der Waals surface area (Å²) >= 11 is 3.64. The van der Waals surface area contributed by atoms with Crippen LogP contribution in [0, 0.1) is 0 Å². The zero-order valence-corrected chi connectivity index (χ0v) is 17.6. The number of halogens is 2. The van der Waals surface area contributed by atoms with Gasteiger partial charge in [-0.25, -0.2) is 0 Å². The second kappa shape index (κ2) is 9.51. The lowest BCUT2D eigenvalue weighted by molar-refractivity contribution is -0.00000436. The minimum Gasteiger partial charge on any atom is -1.00 e. The van der Waals surface area contributed by atoms with Gasteiger partial charge in [0.2, 0.25) is 0 Å². The van der Waals surface area contributed by atoms with Gasteiger partial charge >= 0.3 is 0 Å². The van der Waals surface area contributed by atoms with Gasteiger partial charge in [-0.05, 0) is 42.8 Å². The summed E-state index contributed by atoms with van der Waals surface area (Å²) in [6.45, 7) is 0. The molecule has 124 valence electrons. The fourth-order valence-corrected chi connectivity index (χ4v) is 8.24. The van der Waals surface area contributed by atoms with Gasteiger partial charge in [0.15, 0.2) is 0 Å². The molecule has 0 saturated heterocycles. The molecule has 0 heterocycles. The van der Waals surface area contributed by atoms with Crippen LogP contribution < -0.4 is 32.9 Å². The van der Waals surface area contributed by atoms with Crippen LogP contribution in [0.1, 0.15) is 6.42 Å². The molecule has 3 rings (SSSR count). The quantitative estimate of drug-likeness (QED) is 0.386. The molecule has 0 fully saturated rings. The third kappa shape index (κ3) is 3.99. The standard InChI is InChI=1S/C21H21BrP.BrH/c22-17-10-18-23(19-11-4-1-5-12-19,20-13-6-2-7-14-20)21-15-8-3-9-16-21;/h1-9,11-16H,10,17-18H2;1H/q+1;/p-1. The third-order valence-corrected chi connectivity index (χ3v) is 9.30. The van der Waals surface area contributed by atoms with E-state index in [1.54, 1.807) is 0 Å². The van der Waals surface area contributed by atoms with Crippen LogP contribution in [0.5, 0.6) is 0 Å². The molecule has 0 saturated carbocycles. The van der Waals surface area contributed by atoms with E-state index in [2.05, 4.69) is 107 Å². The molecule has 0 spiro atoms.